The molecule has 118 valence electrons. The molecule has 0 aromatic heterocycles. The van der Waals surface area contributed by atoms with Gasteiger partial charge in [-0.2, -0.15) is 0 Å². The van der Waals surface area contributed by atoms with Gasteiger partial charge in [0.2, 0.25) is 0 Å². The van der Waals surface area contributed by atoms with Gasteiger partial charge < -0.3 is 10.1 Å². The van der Waals surface area contributed by atoms with Gasteiger partial charge >= 0.3 is 0 Å². The summed E-state index contributed by atoms with van der Waals surface area (Å²) < 4.78 is 5.71. The Kier molecular flexibility index (Phi) is 6.22. The minimum absolute atomic E-state index is 0.345. The average Bonchev–Trinajstić information content (AvgIpc) is 2.43. The fourth-order valence-corrected chi connectivity index (χ4v) is 2.77. The molecule has 1 aliphatic rings. The van der Waals surface area contributed by atoms with Crippen LogP contribution in [0.15, 0.2) is 24.3 Å². The van der Waals surface area contributed by atoms with Gasteiger partial charge in [-0.25, -0.2) is 0 Å². The van der Waals surface area contributed by atoms with E-state index < -0.39 is 0 Å². The van der Waals surface area contributed by atoms with Gasteiger partial charge in [-0.1, -0.05) is 38.1 Å². The molecule has 1 fully saturated rings. The summed E-state index contributed by atoms with van der Waals surface area (Å²) in [6, 6.07) is 9.46. The third kappa shape index (κ3) is 5.42. The third-order valence-corrected chi connectivity index (χ3v) is 4.00. The van der Waals surface area contributed by atoms with Crippen molar-refractivity contribution in [1.82, 2.24) is 10.2 Å². The minimum Gasteiger partial charge on any atom is -0.376 e. The Hall–Kier alpha value is -0.900. The summed E-state index contributed by atoms with van der Waals surface area (Å²) in [5, 5.41) is 3.51. The van der Waals surface area contributed by atoms with Crippen LogP contribution < -0.4 is 5.32 Å². The smallest absolute Gasteiger partial charge is 0.0674 e. The van der Waals surface area contributed by atoms with Crippen LogP contribution in [0.4, 0.5) is 0 Å². The predicted octanol–water partition coefficient (Wildman–Crippen LogP) is 3.04. The van der Waals surface area contributed by atoms with Crippen molar-refractivity contribution in [2.45, 2.75) is 52.9 Å². The summed E-state index contributed by atoms with van der Waals surface area (Å²) >= 11 is 0. The van der Waals surface area contributed by atoms with E-state index in [2.05, 4.69) is 62.2 Å². The van der Waals surface area contributed by atoms with E-state index in [9.17, 15) is 0 Å². The Balaban J connectivity index is 1.90. The van der Waals surface area contributed by atoms with E-state index in [1.165, 1.54) is 11.1 Å². The van der Waals surface area contributed by atoms with E-state index in [-0.39, 0.29) is 0 Å². The van der Waals surface area contributed by atoms with Crippen LogP contribution in [0.25, 0.3) is 0 Å². The minimum atomic E-state index is 0.345. The van der Waals surface area contributed by atoms with E-state index >= 15 is 0 Å². The molecule has 0 aliphatic carbocycles. The Bertz CT molecular complexity index is 433. The first-order chi connectivity index (χ1) is 10.0. The number of nitrogens with one attached hydrogen (secondary N) is 1. The summed E-state index contributed by atoms with van der Waals surface area (Å²) in [4.78, 5) is 2.52. The molecule has 1 aromatic rings. The quantitative estimate of drug-likeness (QED) is 0.871. The molecule has 1 aliphatic heterocycles. The maximum Gasteiger partial charge on any atom is 0.0674 e. The van der Waals surface area contributed by atoms with Crippen LogP contribution in [0.2, 0.25) is 0 Å². The molecule has 0 bridgehead atoms. The Morgan fingerprint density at radius 3 is 2.81 bits per heavy atom. The summed E-state index contributed by atoms with van der Waals surface area (Å²) in [6.45, 7) is 13.8. The lowest BCUT2D eigenvalue weighted by molar-refractivity contribution is -0.0526. The van der Waals surface area contributed by atoms with E-state index in [0.29, 0.717) is 18.1 Å². The normalized spacial score (nSPS) is 23.7. The molecular weight excluding hydrogens is 260 g/mol. The Labute approximate surface area is 129 Å². The number of rotatable bonds is 6. The van der Waals surface area contributed by atoms with Crippen LogP contribution in [0.3, 0.4) is 0 Å². The molecule has 1 aromatic carbocycles. The van der Waals surface area contributed by atoms with Crippen molar-refractivity contribution in [3.63, 3.8) is 0 Å². The standard InChI is InChI=1S/C18H30N2O/c1-14(2)9-19-10-17-6-5-7-18(8-17)12-20-11-16(4)21-13-15(20)3/h5-8,14-16,19H,9-13H2,1-4H3. The molecule has 3 heteroatoms. The van der Waals surface area contributed by atoms with Crippen LogP contribution >= 0.6 is 0 Å². The molecule has 0 amide bonds. The van der Waals surface area contributed by atoms with Crippen molar-refractivity contribution >= 4 is 0 Å². The highest BCUT2D eigenvalue weighted by Crippen LogP contribution is 2.16. The predicted molar refractivity (Wildman–Crippen MR) is 88.3 cm³/mol. The number of hydrogen-bond acceptors (Lipinski definition) is 3. The van der Waals surface area contributed by atoms with E-state index in [4.69, 9.17) is 4.74 Å². The highest BCUT2D eigenvalue weighted by Gasteiger charge is 2.23. The molecule has 0 saturated carbocycles. The van der Waals surface area contributed by atoms with Crippen molar-refractivity contribution in [3.8, 4) is 0 Å². The van der Waals surface area contributed by atoms with Gasteiger partial charge in [-0.15, -0.1) is 0 Å². The van der Waals surface area contributed by atoms with Crippen molar-refractivity contribution in [1.29, 1.82) is 0 Å². The molecule has 0 spiro atoms. The number of ether oxygens (including phenoxy) is 1. The number of hydrogen-bond donors (Lipinski definition) is 1. The maximum absolute atomic E-state index is 5.71. The van der Waals surface area contributed by atoms with Crippen molar-refractivity contribution in [2.24, 2.45) is 5.92 Å². The number of benzene rings is 1. The topological polar surface area (TPSA) is 24.5 Å². The van der Waals surface area contributed by atoms with Crippen molar-refractivity contribution in [2.75, 3.05) is 19.7 Å². The lowest BCUT2D eigenvalue weighted by atomic mass is 10.1. The van der Waals surface area contributed by atoms with Gasteiger partial charge in [0, 0.05) is 25.7 Å². The van der Waals surface area contributed by atoms with Crippen LogP contribution in [-0.2, 0) is 17.8 Å². The molecule has 2 atom stereocenters. The molecule has 0 radical (unpaired) electrons. The van der Waals surface area contributed by atoms with Crippen LogP contribution in [0.1, 0.15) is 38.8 Å². The van der Waals surface area contributed by atoms with Gasteiger partial charge in [-0.3, -0.25) is 4.90 Å². The zero-order valence-electron chi connectivity index (χ0n) is 13.9. The molecule has 1 saturated heterocycles. The Morgan fingerprint density at radius 2 is 2.05 bits per heavy atom. The molecule has 2 unspecified atom stereocenters. The highest BCUT2D eigenvalue weighted by molar-refractivity contribution is 5.23. The maximum atomic E-state index is 5.71. The van der Waals surface area contributed by atoms with Gasteiger partial charge in [0.1, 0.15) is 0 Å². The van der Waals surface area contributed by atoms with Crippen LogP contribution in [0, 0.1) is 5.92 Å². The van der Waals surface area contributed by atoms with E-state index in [0.717, 1.165) is 32.8 Å². The molecular formula is C18H30N2O. The van der Waals surface area contributed by atoms with E-state index in [1.54, 1.807) is 0 Å². The number of morpholine rings is 1. The molecule has 1 N–H and O–H groups in total. The fraction of sp³-hybridized carbons (Fsp3) is 0.667. The van der Waals surface area contributed by atoms with Gasteiger partial charge in [0.15, 0.2) is 0 Å². The average molecular weight is 290 g/mol. The molecule has 21 heavy (non-hydrogen) atoms. The second kappa shape index (κ2) is 7.92. The molecule has 2 rings (SSSR count). The Morgan fingerprint density at radius 1 is 1.29 bits per heavy atom. The van der Waals surface area contributed by atoms with E-state index in [1.807, 2.05) is 0 Å². The molecule has 1 heterocycles. The van der Waals surface area contributed by atoms with Crippen molar-refractivity contribution < 1.29 is 4.74 Å². The van der Waals surface area contributed by atoms with Gasteiger partial charge in [-0.05, 0) is 37.4 Å². The zero-order chi connectivity index (χ0) is 15.2. The lowest BCUT2D eigenvalue weighted by Gasteiger charge is -2.36. The van der Waals surface area contributed by atoms with Gasteiger partial charge in [0.05, 0.1) is 12.7 Å². The highest BCUT2D eigenvalue weighted by atomic mass is 16.5. The SMILES string of the molecule is CC(C)CNCc1cccc(CN2CC(C)OCC2C)c1. The van der Waals surface area contributed by atoms with Crippen LogP contribution in [-0.4, -0.2) is 36.7 Å². The summed E-state index contributed by atoms with van der Waals surface area (Å²) in [5.74, 6) is 0.698. The lowest BCUT2D eigenvalue weighted by Crippen LogP contribution is -2.46. The van der Waals surface area contributed by atoms with Gasteiger partial charge in [0.25, 0.3) is 0 Å². The molecule has 3 nitrogen and oxygen atoms in total. The fourth-order valence-electron chi connectivity index (χ4n) is 2.77. The van der Waals surface area contributed by atoms with Crippen LogP contribution in [0.5, 0.6) is 0 Å². The number of nitrogens with zero attached hydrogens (tertiary/aromatic N) is 1. The first kappa shape index (κ1) is 16.5. The second-order valence-electron chi connectivity index (χ2n) is 6.77. The third-order valence-electron chi connectivity index (χ3n) is 4.00. The largest absolute Gasteiger partial charge is 0.376 e. The first-order valence-electron chi connectivity index (χ1n) is 8.18. The summed E-state index contributed by atoms with van der Waals surface area (Å²) in [7, 11) is 0. The van der Waals surface area contributed by atoms with Crippen molar-refractivity contribution in [3.05, 3.63) is 35.4 Å². The monoisotopic (exact) mass is 290 g/mol. The summed E-state index contributed by atoms with van der Waals surface area (Å²) in [5.41, 5.74) is 2.78. The second-order valence-corrected chi connectivity index (χ2v) is 6.77. The zero-order valence-corrected chi connectivity index (χ0v) is 13.9. The first-order valence-corrected chi connectivity index (χ1v) is 8.18. The summed E-state index contributed by atoms with van der Waals surface area (Å²) in [6.07, 6.45) is 0.345.